The maximum absolute atomic E-state index is 10.7. The summed E-state index contributed by atoms with van der Waals surface area (Å²) in [6, 6.07) is 0. The first-order valence-electron chi connectivity index (χ1n) is 9.89. The normalized spacial score (nSPS) is 13.0. The van der Waals surface area contributed by atoms with Gasteiger partial charge in [0.1, 0.15) is 0 Å². The zero-order valence-electron chi connectivity index (χ0n) is 16.0. The number of hydrogen-bond acceptors (Lipinski definition) is 5. The van der Waals surface area contributed by atoms with Crippen molar-refractivity contribution in [3.8, 4) is 0 Å². The first-order chi connectivity index (χ1) is 12.3. The Morgan fingerprint density at radius 2 is 1.31 bits per heavy atom. The minimum atomic E-state index is -4.58. The summed E-state index contributed by atoms with van der Waals surface area (Å²) in [6.07, 6.45) is 13.6. The van der Waals surface area contributed by atoms with E-state index in [1.54, 1.807) is 0 Å². The standard InChI is InChI=1S/C18H36O7S/c1-2-3-4-5-8-11-14-17(24-25-26(21,22)23)15-12-9-6-7-10-13-16-18(19)20/h17H,2-16H2,1H3,(H,19,20)(H,21,22,23). The lowest BCUT2D eigenvalue weighted by atomic mass is 10.0. The maximum Gasteiger partial charge on any atom is 0.424 e. The summed E-state index contributed by atoms with van der Waals surface area (Å²) in [5.41, 5.74) is 0. The Labute approximate surface area is 158 Å². The molecule has 0 spiro atoms. The van der Waals surface area contributed by atoms with E-state index in [-0.39, 0.29) is 12.5 Å². The number of carbonyl (C=O) groups is 1. The largest absolute Gasteiger partial charge is 0.481 e. The fourth-order valence-corrected chi connectivity index (χ4v) is 3.06. The summed E-state index contributed by atoms with van der Waals surface area (Å²) in [5, 5.41) is 8.57. The van der Waals surface area contributed by atoms with Crippen molar-refractivity contribution < 1.29 is 32.1 Å². The van der Waals surface area contributed by atoms with Crippen molar-refractivity contribution in [3.63, 3.8) is 0 Å². The highest BCUT2D eigenvalue weighted by Gasteiger charge is 2.15. The second-order valence-corrected chi connectivity index (χ2v) is 7.82. The molecule has 2 N–H and O–H groups in total. The quantitative estimate of drug-likeness (QED) is 0.136. The van der Waals surface area contributed by atoms with E-state index in [1.165, 1.54) is 19.3 Å². The molecule has 0 fully saturated rings. The highest BCUT2D eigenvalue weighted by molar-refractivity contribution is 7.80. The van der Waals surface area contributed by atoms with Gasteiger partial charge in [-0.2, -0.15) is 8.42 Å². The second kappa shape index (κ2) is 16.5. The molecule has 0 heterocycles. The van der Waals surface area contributed by atoms with Crippen LogP contribution in [0.5, 0.6) is 0 Å². The zero-order valence-corrected chi connectivity index (χ0v) is 16.8. The van der Waals surface area contributed by atoms with E-state index in [4.69, 9.17) is 14.5 Å². The molecule has 0 aliphatic carbocycles. The van der Waals surface area contributed by atoms with Crippen LogP contribution < -0.4 is 0 Å². The molecule has 0 aliphatic heterocycles. The lowest BCUT2D eigenvalue weighted by Crippen LogP contribution is -2.16. The first kappa shape index (κ1) is 25.3. The van der Waals surface area contributed by atoms with E-state index in [0.29, 0.717) is 19.3 Å². The van der Waals surface area contributed by atoms with Crippen LogP contribution in [0.2, 0.25) is 0 Å². The number of aliphatic carboxylic acids is 1. The Balaban J connectivity index is 3.87. The van der Waals surface area contributed by atoms with Crippen molar-refractivity contribution in [2.45, 2.75) is 109 Å². The molecule has 1 unspecified atom stereocenters. The molecule has 156 valence electrons. The van der Waals surface area contributed by atoms with Gasteiger partial charge in [-0.05, 0) is 19.3 Å². The van der Waals surface area contributed by atoms with Gasteiger partial charge >= 0.3 is 16.4 Å². The van der Waals surface area contributed by atoms with Crippen LogP contribution in [0.25, 0.3) is 0 Å². The van der Waals surface area contributed by atoms with Crippen molar-refractivity contribution in [1.29, 1.82) is 0 Å². The molecule has 0 amide bonds. The molecule has 1 atom stereocenters. The summed E-state index contributed by atoms with van der Waals surface area (Å²) in [7, 11) is -4.58. The maximum atomic E-state index is 10.7. The number of rotatable bonds is 19. The van der Waals surface area contributed by atoms with Crippen molar-refractivity contribution in [2.75, 3.05) is 0 Å². The molecule has 0 rings (SSSR count). The predicted molar refractivity (Wildman–Crippen MR) is 100 cm³/mol. The Bertz CT molecular complexity index is 437. The van der Waals surface area contributed by atoms with Gasteiger partial charge < -0.3 is 5.11 Å². The third kappa shape index (κ3) is 19.6. The third-order valence-corrected chi connectivity index (χ3v) is 4.56. The van der Waals surface area contributed by atoms with Gasteiger partial charge in [-0.3, -0.25) is 9.35 Å². The van der Waals surface area contributed by atoms with Crippen LogP contribution in [0.1, 0.15) is 103 Å². The van der Waals surface area contributed by atoms with E-state index < -0.39 is 16.4 Å². The Morgan fingerprint density at radius 1 is 0.846 bits per heavy atom. The highest BCUT2D eigenvalue weighted by atomic mass is 32.3. The van der Waals surface area contributed by atoms with Crippen LogP contribution in [0.15, 0.2) is 0 Å². The summed E-state index contributed by atoms with van der Waals surface area (Å²) in [6.45, 7) is 2.17. The van der Waals surface area contributed by atoms with Crippen LogP contribution in [-0.2, 0) is 24.4 Å². The molecule has 0 radical (unpaired) electrons. The minimum absolute atomic E-state index is 0.223. The fraction of sp³-hybridized carbons (Fsp3) is 0.944. The number of carboxylic acids is 1. The molecule has 0 aromatic heterocycles. The Kier molecular flexibility index (Phi) is 16.0. The van der Waals surface area contributed by atoms with Gasteiger partial charge in [-0.1, -0.05) is 81.9 Å². The van der Waals surface area contributed by atoms with Crippen LogP contribution >= 0.6 is 0 Å². The van der Waals surface area contributed by atoms with Crippen molar-refractivity contribution in [2.24, 2.45) is 0 Å². The van der Waals surface area contributed by atoms with E-state index in [0.717, 1.165) is 51.4 Å². The van der Waals surface area contributed by atoms with Gasteiger partial charge in [0.25, 0.3) is 0 Å². The van der Waals surface area contributed by atoms with E-state index >= 15 is 0 Å². The van der Waals surface area contributed by atoms with Crippen molar-refractivity contribution in [3.05, 3.63) is 0 Å². The minimum Gasteiger partial charge on any atom is -0.481 e. The van der Waals surface area contributed by atoms with Crippen LogP contribution in [0, 0.1) is 0 Å². The van der Waals surface area contributed by atoms with E-state index in [2.05, 4.69) is 11.3 Å². The molecular weight excluding hydrogens is 360 g/mol. The van der Waals surface area contributed by atoms with Gasteiger partial charge in [0, 0.05) is 6.42 Å². The van der Waals surface area contributed by atoms with Crippen LogP contribution in [0.4, 0.5) is 0 Å². The summed E-state index contributed by atoms with van der Waals surface area (Å²) in [4.78, 5) is 15.3. The fourth-order valence-electron chi connectivity index (χ4n) is 2.85. The van der Waals surface area contributed by atoms with E-state index in [1.807, 2.05) is 0 Å². The Hall–Kier alpha value is -0.700. The van der Waals surface area contributed by atoms with E-state index in [9.17, 15) is 13.2 Å². The van der Waals surface area contributed by atoms with Crippen molar-refractivity contribution in [1.82, 2.24) is 0 Å². The molecule has 0 aromatic rings. The van der Waals surface area contributed by atoms with Gasteiger partial charge in [0.2, 0.25) is 0 Å². The molecule has 26 heavy (non-hydrogen) atoms. The lowest BCUT2D eigenvalue weighted by Gasteiger charge is -2.15. The molecule has 0 aliphatic rings. The SMILES string of the molecule is CCCCCCCCC(CCCCCCCCC(=O)O)OOS(=O)(=O)O. The van der Waals surface area contributed by atoms with Gasteiger partial charge in [-0.15, -0.1) is 0 Å². The average Bonchev–Trinajstić information content (AvgIpc) is 2.56. The van der Waals surface area contributed by atoms with Gasteiger partial charge in [-0.25, -0.2) is 4.89 Å². The summed E-state index contributed by atoms with van der Waals surface area (Å²) >= 11 is 0. The number of unbranched alkanes of at least 4 members (excludes halogenated alkanes) is 10. The number of carboxylic acid groups (broad SMARTS) is 1. The summed E-state index contributed by atoms with van der Waals surface area (Å²) in [5.74, 6) is -0.751. The smallest absolute Gasteiger partial charge is 0.424 e. The molecule has 7 nitrogen and oxygen atoms in total. The highest BCUT2D eigenvalue weighted by Crippen LogP contribution is 2.17. The predicted octanol–water partition coefficient (Wildman–Crippen LogP) is 5.06. The average molecular weight is 397 g/mol. The monoisotopic (exact) mass is 396 g/mol. The van der Waals surface area contributed by atoms with Crippen molar-refractivity contribution >= 4 is 16.4 Å². The summed E-state index contributed by atoms with van der Waals surface area (Å²) < 4.78 is 34.1. The third-order valence-electron chi connectivity index (χ3n) is 4.31. The molecular formula is C18H36O7S. The first-order valence-corrected chi connectivity index (χ1v) is 11.3. The molecule has 0 aromatic carbocycles. The van der Waals surface area contributed by atoms with Crippen LogP contribution in [0.3, 0.4) is 0 Å². The second-order valence-electron chi connectivity index (χ2n) is 6.82. The number of hydrogen-bond donors (Lipinski definition) is 2. The molecule has 0 saturated carbocycles. The topological polar surface area (TPSA) is 110 Å². The Morgan fingerprint density at radius 3 is 1.77 bits per heavy atom. The van der Waals surface area contributed by atoms with Gasteiger partial charge in [0.05, 0.1) is 6.10 Å². The molecule has 0 bridgehead atoms. The molecule has 0 saturated heterocycles. The van der Waals surface area contributed by atoms with Gasteiger partial charge in [0.15, 0.2) is 0 Å². The van der Waals surface area contributed by atoms with Crippen LogP contribution in [-0.4, -0.2) is 30.2 Å². The zero-order chi connectivity index (χ0) is 19.7. The lowest BCUT2D eigenvalue weighted by molar-refractivity contribution is -0.249. The molecule has 8 heteroatoms.